The van der Waals surface area contributed by atoms with Gasteiger partial charge in [0, 0.05) is 17.2 Å². The Morgan fingerprint density at radius 1 is 1.07 bits per heavy atom. The molecule has 0 amide bonds. The first-order chi connectivity index (χ1) is 14.5. The Balaban J connectivity index is 1.81. The number of phenolic OH excluding ortho intramolecular Hbond substituents is 1. The van der Waals surface area contributed by atoms with Crippen molar-refractivity contribution in [1.82, 2.24) is 13.9 Å². The Labute approximate surface area is 168 Å². The van der Waals surface area contributed by atoms with E-state index in [2.05, 4.69) is 0 Å². The summed E-state index contributed by atoms with van der Waals surface area (Å²) in [5.74, 6) is -0.0806. The second-order valence-corrected chi connectivity index (χ2v) is 7.31. The van der Waals surface area contributed by atoms with Gasteiger partial charge in [0.2, 0.25) is 0 Å². The maximum absolute atomic E-state index is 14.1. The number of allylic oxidation sites excluding steroid dienone is 1. The number of ether oxygens (including phenoxy) is 1. The highest BCUT2D eigenvalue weighted by molar-refractivity contribution is 5.51. The molecule has 7 nitrogen and oxygen atoms in total. The minimum Gasteiger partial charge on any atom is -0.508 e. The van der Waals surface area contributed by atoms with Gasteiger partial charge in [-0.25, -0.2) is 32.3 Å². The third-order valence-electron chi connectivity index (χ3n) is 5.65. The van der Waals surface area contributed by atoms with Gasteiger partial charge in [0.05, 0.1) is 12.2 Å². The number of fused-ring (bicyclic) bond motifs is 5. The number of aromatic nitrogens is 3. The molecule has 3 heterocycles. The van der Waals surface area contributed by atoms with Gasteiger partial charge in [-0.1, -0.05) is 24.3 Å². The molecule has 3 aromatic rings. The van der Waals surface area contributed by atoms with E-state index in [1.54, 1.807) is 30.3 Å². The summed E-state index contributed by atoms with van der Waals surface area (Å²) in [6, 6.07) is 11.7. The molecule has 0 saturated carbocycles. The summed E-state index contributed by atoms with van der Waals surface area (Å²) in [5.41, 5.74) is -2.06. The number of nitrogens with zero attached hydrogens (tertiary/aromatic N) is 3. The van der Waals surface area contributed by atoms with Crippen LogP contribution in [0, 0.1) is 0 Å². The Morgan fingerprint density at radius 3 is 2.50 bits per heavy atom. The van der Waals surface area contributed by atoms with Crippen LogP contribution in [0.1, 0.15) is 11.6 Å². The SMILES string of the molecule is O=c1n(-c2ccccc2)c(=O)n2n1CC=C1C2c2ccc(O)cc2OC1(CF)CF. The Hall–Kier alpha value is -3.62. The molecule has 30 heavy (non-hydrogen) atoms. The molecular weight excluding hydrogens is 396 g/mol. The van der Waals surface area contributed by atoms with E-state index >= 15 is 0 Å². The molecule has 2 aliphatic heterocycles. The molecule has 0 aliphatic carbocycles. The number of rotatable bonds is 3. The number of benzene rings is 2. The van der Waals surface area contributed by atoms with Crippen LogP contribution in [0.15, 0.2) is 69.8 Å². The van der Waals surface area contributed by atoms with Crippen molar-refractivity contribution in [2.75, 3.05) is 13.3 Å². The summed E-state index contributed by atoms with van der Waals surface area (Å²) in [6.07, 6.45) is 1.54. The first-order valence-corrected chi connectivity index (χ1v) is 9.35. The van der Waals surface area contributed by atoms with Gasteiger partial charge in [0.1, 0.15) is 30.9 Å². The third kappa shape index (κ3) is 2.35. The number of phenols is 1. The Bertz CT molecular complexity index is 1290. The van der Waals surface area contributed by atoms with Crippen LogP contribution in [0.25, 0.3) is 5.69 Å². The number of hydrogen-bond acceptors (Lipinski definition) is 4. The predicted molar refractivity (Wildman–Crippen MR) is 104 cm³/mol. The Kier molecular flexibility index (Phi) is 3.96. The number of para-hydroxylation sites is 1. The predicted octanol–water partition coefficient (Wildman–Crippen LogP) is 2.11. The average Bonchev–Trinajstić information content (AvgIpc) is 3.03. The van der Waals surface area contributed by atoms with E-state index in [0.29, 0.717) is 11.3 Å². The van der Waals surface area contributed by atoms with E-state index in [0.717, 1.165) is 4.57 Å². The van der Waals surface area contributed by atoms with E-state index < -0.39 is 36.4 Å². The first kappa shape index (κ1) is 18.4. The van der Waals surface area contributed by atoms with Crippen molar-refractivity contribution in [3.8, 4) is 17.2 Å². The maximum Gasteiger partial charge on any atom is 0.352 e. The average molecular weight is 413 g/mol. The van der Waals surface area contributed by atoms with E-state index in [9.17, 15) is 23.5 Å². The van der Waals surface area contributed by atoms with Crippen molar-refractivity contribution in [3.05, 3.63) is 86.7 Å². The van der Waals surface area contributed by atoms with Crippen LogP contribution >= 0.6 is 0 Å². The molecule has 1 unspecified atom stereocenters. The third-order valence-corrected chi connectivity index (χ3v) is 5.65. The molecule has 2 aliphatic rings. The van der Waals surface area contributed by atoms with Crippen molar-refractivity contribution < 1.29 is 18.6 Å². The van der Waals surface area contributed by atoms with Crippen LogP contribution in [-0.4, -0.2) is 38.0 Å². The van der Waals surface area contributed by atoms with E-state index in [1.807, 2.05) is 0 Å². The molecule has 154 valence electrons. The molecule has 0 fully saturated rings. The van der Waals surface area contributed by atoms with Gasteiger partial charge in [0.15, 0.2) is 5.60 Å². The normalized spacial score (nSPS) is 18.6. The summed E-state index contributed by atoms with van der Waals surface area (Å²) in [4.78, 5) is 26.4. The fourth-order valence-corrected chi connectivity index (χ4v) is 4.22. The lowest BCUT2D eigenvalue weighted by molar-refractivity contribution is 0.0286. The van der Waals surface area contributed by atoms with Crippen molar-refractivity contribution in [3.63, 3.8) is 0 Å². The molecule has 9 heteroatoms. The molecule has 0 radical (unpaired) electrons. The molecule has 0 bridgehead atoms. The summed E-state index contributed by atoms with van der Waals surface area (Å²) < 4.78 is 37.3. The van der Waals surface area contributed by atoms with E-state index in [-0.39, 0.29) is 23.6 Å². The highest BCUT2D eigenvalue weighted by Gasteiger charge is 2.49. The molecule has 1 aromatic heterocycles. The number of alkyl halides is 2. The summed E-state index contributed by atoms with van der Waals surface area (Å²) in [5, 5.41) is 9.84. The van der Waals surface area contributed by atoms with Crippen molar-refractivity contribution >= 4 is 0 Å². The van der Waals surface area contributed by atoms with E-state index in [4.69, 9.17) is 4.74 Å². The van der Waals surface area contributed by atoms with E-state index in [1.165, 1.54) is 33.6 Å². The second-order valence-electron chi connectivity index (χ2n) is 7.31. The van der Waals surface area contributed by atoms with Gasteiger partial charge < -0.3 is 9.84 Å². The number of halogens is 2. The number of hydrogen-bond donors (Lipinski definition) is 1. The second kappa shape index (κ2) is 6.45. The molecular formula is C21H17F2N3O4. The molecule has 2 aromatic carbocycles. The monoisotopic (exact) mass is 413 g/mol. The largest absolute Gasteiger partial charge is 0.508 e. The fraction of sp³-hybridized carbons (Fsp3) is 0.238. The van der Waals surface area contributed by atoms with Crippen LogP contribution in [-0.2, 0) is 6.54 Å². The van der Waals surface area contributed by atoms with Crippen LogP contribution in [0.5, 0.6) is 11.5 Å². The maximum atomic E-state index is 14.1. The lowest BCUT2D eigenvalue weighted by Crippen LogP contribution is -2.52. The van der Waals surface area contributed by atoms with Crippen LogP contribution in [0.4, 0.5) is 8.78 Å². The molecule has 1 atom stereocenters. The molecule has 1 N–H and O–H groups in total. The topological polar surface area (TPSA) is 78.4 Å². The van der Waals surface area contributed by atoms with Gasteiger partial charge in [-0.3, -0.25) is 0 Å². The lowest BCUT2D eigenvalue weighted by Gasteiger charge is -2.43. The zero-order valence-corrected chi connectivity index (χ0v) is 15.7. The lowest BCUT2D eigenvalue weighted by atomic mass is 9.82. The van der Waals surface area contributed by atoms with Crippen molar-refractivity contribution in [2.45, 2.75) is 18.2 Å². The summed E-state index contributed by atoms with van der Waals surface area (Å²) in [7, 11) is 0. The van der Waals surface area contributed by atoms with Gasteiger partial charge >= 0.3 is 11.4 Å². The van der Waals surface area contributed by atoms with Gasteiger partial charge in [-0.05, 0) is 24.3 Å². The fourth-order valence-electron chi connectivity index (χ4n) is 4.22. The summed E-state index contributed by atoms with van der Waals surface area (Å²) >= 11 is 0. The van der Waals surface area contributed by atoms with Gasteiger partial charge in [-0.15, -0.1) is 0 Å². The highest BCUT2D eigenvalue weighted by Crippen LogP contribution is 2.47. The van der Waals surface area contributed by atoms with Crippen molar-refractivity contribution in [2.24, 2.45) is 0 Å². The number of aromatic hydroxyl groups is 1. The van der Waals surface area contributed by atoms with Gasteiger partial charge in [0.25, 0.3) is 0 Å². The minimum atomic E-state index is -1.93. The molecule has 5 rings (SSSR count). The van der Waals surface area contributed by atoms with Crippen molar-refractivity contribution in [1.29, 1.82) is 0 Å². The zero-order chi connectivity index (χ0) is 21.0. The van der Waals surface area contributed by atoms with Crippen LogP contribution in [0.3, 0.4) is 0 Å². The van der Waals surface area contributed by atoms with Crippen LogP contribution < -0.4 is 16.1 Å². The quantitative estimate of drug-likeness (QED) is 0.668. The Morgan fingerprint density at radius 2 is 1.80 bits per heavy atom. The first-order valence-electron chi connectivity index (χ1n) is 9.35. The standard InChI is InChI=1S/C21H17F2N3O4/c22-11-21(12-23)16-8-9-24-19(28)25(13-4-2-1-3-5-13)20(29)26(24)18(16)15-7-6-14(27)10-17(15)30-21/h1-8,10,18,27H,9,11-12H2. The smallest absolute Gasteiger partial charge is 0.352 e. The minimum absolute atomic E-state index is 0.0295. The highest BCUT2D eigenvalue weighted by atomic mass is 19.1. The summed E-state index contributed by atoms with van der Waals surface area (Å²) in [6.45, 7) is -2.36. The van der Waals surface area contributed by atoms with Gasteiger partial charge in [-0.2, -0.15) is 0 Å². The molecule has 0 saturated heterocycles. The van der Waals surface area contributed by atoms with Crippen LogP contribution in [0.2, 0.25) is 0 Å². The molecule has 0 spiro atoms. The zero-order valence-electron chi connectivity index (χ0n) is 15.7.